The Kier molecular flexibility index (Phi) is 6.54. The lowest BCUT2D eigenvalue weighted by Gasteiger charge is -2.08. The molecule has 2 aromatic carbocycles. The predicted octanol–water partition coefficient (Wildman–Crippen LogP) is 2.50. The third-order valence-corrected chi connectivity index (χ3v) is 3.52. The third kappa shape index (κ3) is 5.32. The molecule has 7 heteroatoms. The molecule has 1 N–H and O–H groups in total. The van der Waals surface area contributed by atoms with Gasteiger partial charge in [0.25, 0.3) is 5.91 Å². The molecule has 0 heterocycles. The van der Waals surface area contributed by atoms with Gasteiger partial charge in [0.2, 0.25) is 5.78 Å². The molecule has 0 aromatic heterocycles. The minimum atomic E-state index is -0.717. The summed E-state index contributed by atoms with van der Waals surface area (Å²) in [5, 5.41) is 2.92. The van der Waals surface area contributed by atoms with Crippen LogP contribution in [0.5, 0.6) is 5.75 Å². The second-order valence-corrected chi connectivity index (χ2v) is 5.41. The first kappa shape index (κ1) is 18.5. The van der Waals surface area contributed by atoms with E-state index < -0.39 is 24.3 Å². The minimum Gasteiger partial charge on any atom is -0.496 e. The predicted molar refractivity (Wildman–Crippen MR) is 92.1 cm³/mol. The number of hydrogen-bond donors (Lipinski definition) is 1. The molecule has 0 spiro atoms. The van der Waals surface area contributed by atoms with Crippen LogP contribution in [0.1, 0.15) is 20.7 Å². The van der Waals surface area contributed by atoms with Crippen molar-refractivity contribution in [2.24, 2.45) is 0 Å². The number of ether oxygens (including phenoxy) is 2. The van der Waals surface area contributed by atoms with Crippen LogP contribution >= 0.6 is 11.6 Å². The number of rotatable bonds is 7. The van der Waals surface area contributed by atoms with E-state index in [0.29, 0.717) is 21.9 Å². The van der Waals surface area contributed by atoms with Crippen LogP contribution in [-0.4, -0.2) is 37.9 Å². The molecule has 0 atom stereocenters. The van der Waals surface area contributed by atoms with Gasteiger partial charge in [-0.1, -0.05) is 23.7 Å². The first-order valence-electron chi connectivity index (χ1n) is 7.37. The van der Waals surface area contributed by atoms with Crippen molar-refractivity contribution in [1.29, 1.82) is 0 Å². The van der Waals surface area contributed by atoms with Gasteiger partial charge in [-0.25, -0.2) is 0 Å². The van der Waals surface area contributed by atoms with Gasteiger partial charge < -0.3 is 14.8 Å². The molecule has 130 valence electrons. The fourth-order valence-corrected chi connectivity index (χ4v) is 2.13. The normalized spacial score (nSPS) is 10.0. The molecule has 0 bridgehead atoms. The summed E-state index contributed by atoms with van der Waals surface area (Å²) in [4.78, 5) is 35.6. The maximum atomic E-state index is 12.1. The summed E-state index contributed by atoms with van der Waals surface area (Å²) < 4.78 is 9.97. The Labute approximate surface area is 149 Å². The van der Waals surface area contributed by atoms with Crippen molar-refractivity contribution < 1.29 is 23.9 Å². The van der Waals surface area contributed by atoms with E-state index in [2.05, 4.69) is 5.32 Å². The Morgan fingerprint density at radius 2 is 1.72 bits per heavy atom. The van der Waals surface area contributed by atoms with Gasteiger partial charge in [0.05, 0.1) is 12.7 Å². The topological polar surface area (TPSA) is 81.7 Å². The molecule has 0 aliphatic rings. The summed E-state index contributed by atoms with van der Waals surface area (Å²) in [5.41, 5.74) is 0.685. The maximum Gasteiger partial charge on any atom is 0.325 e. The summed E-state index contributed by atoms with van der Waals surface area (Å²) in [6.45, 7) is -0.781. The van der Waals surface area contributed by atoms with Crippen LogP contribution in [0.3, 0.4) is 0 Å². The monoisotopic (exact) mass is 361 g/mol. The Morgan fingerprint density at radius 1 is 1.04 bits per heavy atom. The molecule has 0 unspecified atom stereocenters. The third-order valence-electron chi connectivity index (χ3n) is 3.27. The molecule has 25 heavy (non-hydrogen) atoms. The van der Waals surface area contributed by atoms with Gasteiger partial charge in [0.1, 0.15) is 12.3 Å². The molecule has 0 fully saturated rings. The van der Waals surface area contributed by atoms with Gasteiger partial charge in [-0.3, -0.25) is 14.4 Å². The van der Waals surface area contributed by atoms with Gasteiger partial charge in [0.15, 0.2) is 6.61 Å². The van der Waals surface area contributed by atoms with Crippen molar-refractivity contribution >= 4 is 29.3 Å². The highest BCUT2D eigenvalue weighted by Gasteiger charge is 2.15. The number of para-hydroxylation sites is 1. The number of Topliss-reactive ketones (excluding diaryl/α,β-unsaturated/α-hetero) is 1. The molecule has 0 radical (unpaired) electrons. The summed E-state index contributed by atoms with van der Waals surface area (Å²) in [6, 6.07) is 12.8. The van der Waals surface area contributed by atoms with Crippen LogP contribution in [0.25, 0.3) is 0 Å². The quantitative estimate of drug-likeness (QED) is 0.605. The summed E-state index contributed by atoms with van der Waals surface area (Å²) >= 11 is 5.74. The highest BCUT2D eigenvalue weighted by atomic mass is 35.5. The average molecular weight is 362 g/mol. The molecule has 0 aliphatic heterocycles. The van der Waals surface area contributed by atoms with Gasteiger partial charge in [-0.15, -0.1) is 0 Å². The molecular formula is C18H16ClNO5. The summed E-state index contributed by atoms with van der Waals surface area (Å²) in [7, 11) is 1.45. The number of halogens is 1. The molecule has 0 saturated carbocycles. The molecular weight excluding hydrogens is 346 g/mol. The standard InChI is InChI=1S/C18H16ClNO5/c1-24-16-5-3-2-4-14(16)15(21)11-25-17(22)10-20-18(23)12-6-8-13(19)9-7-12/h2-9H,10-11H2,1H3,(H,20,23). The van der Waals surface area contributed by atoms with E-state index in [1.165, 1.54) is 19.2 Å². The zero-order valence-electron chi connectivity index (χ0n) is 13.5. The number of hydrogen-bond acceptors (Lipinski definition) is 5. The molecule has 1 amide bonds. The Balaban J connectivity index is 1.81. The van der Waals surface area contributed by atoms with E-state index >= 15 is 0 Å². The smallest absolute Gasteiger partial charge is 0.325 e. The first-order chi connectivity index (χ1) is 12.0. The minimum absolute atomic E-state index is 0.322. The van der Waals surface area contributed by atoms with Crippen LogP contribution < -0.4 is 10.1 Å². The SMILES string of the molecule is COc1ccccc1C(=O)COC(=O)CNC(=O)c1ccc(Cl)cc1. The van der Waals surface area contributed by atoms with Crippen molar-refractivity contribution in [3.05, 3.63) is 64.7 Å². The van der Waals surface area contributed by atoms with Crippen LogP contribution in [0.4, 0.5) is 0 Å². The van der Waals surface area contributed by atoms with Crippen LogP contribution in [0.15, 0.2) is 48.5 Å². The molecule has 2 aromatic rings. The van der Waals surface area contributed by atoms with Gasteiger partial charge in [-0.2, -0.15) is 0 Å². The van der Waals surface area contributed by atoms with E-state index in [9.17, 15) is 14.4 Å². The number of nitrogens with one attached hydrogen (secondary N) is 1. The van der Waals surface area contributed by atoms with E-state index in [-0.39, 0.29) is 6.54 Å². The molecule has 6 nitrogen and oxygen atoms in total. The lowest BCUT2D eigenvalue weighted by Crippen LogP contribution is -2.31. The van der Waals surface area contributed by atoms with Crippen LogP contribution in [0.2, 0.25) is 5.02 Å². The van der Waals surface area contributed by atoms with E-state index in [1.807, 2.05) is 0 Å². The van der Waals surface area contributed by atoms with Gasteiger partial charge in [0, 0.05) is 10.6 Å². The van der Waals surface area contributed by atoms with Crippen molar-refractivity contribution in [3.8, 4) is 5.75 Å². The zero-order valence-corrected chi connectivity index (χ0v) is 14.2. The first-order valence-corrected chi connectivity index (χ1v) is 7.74. The van der Waals surface area contributed by atoms with Gasteiger partial charge >= 0.3 is 5.97 Å². The number of carbonyl (C=O) groups is 3. The second-order valence-electron chi connectivity index (χ2n) is 4.97. The summed E-state index contributed by atoms with van der Waals surface area (Å²) in [6.07, 6.45) is 0. The Morgan fingerprint density at radius 3 is 2.40 bits per heavy atom. The number of methoxy groups -OCH3 is 1. The van der Waals surface area contributed by atoms with Crippen molar-refractivity contribution in [1.82, 2.24) is 5.32 Å². The van der Waals surface area contributed by atoms with Crippen molar-refractivity contribution in [2.45, 2.75) is 0 Å². The van der Waals surface area contributed by atoms with E-state index in [0.717, 1.165) is 0 Å². The Bertz CT molecular complexity index is 773. The lowest BCUT2D eigenvalue weighted by molar-refractivity contribution is -0.141. The maximum absolute atomic E-state index is 12.1. The number of ketones is 1. The highest BCUT2D eigenvalue weighted by Crippen LogP contribution is 2.17. The largest absolute Gasteiger partial charge is 0.496 e. The summed E-state index contributed by atoms with van der Waals surface area (Å²) in [5.74, 6) is -1.15. The number of amides is 1. The fraction of sp³-hybridized carbons (Fsp3) is 0.167. The molecule has 2 rings (SSSR count). The second kappa shape index (κ2) is 8.84. The number of carbonyl (C=O) groups excluding carboxylic acids is 3. The van der Waals surface area contributed by atoms with Crippen LogP contribution in [-0.2, 0) is 9.53 Å². The lowest BCUT2D eigenvalue weighted by atomic mass is 10.1. The van der Waals surface area contributed by atoms with Crippen LogP contribution in [0, 0.1) is 0 Å². The van der Waals surface area contributed by atoms with Gasteiger partial charge in [-0.05, 0) is 36.4 Å². The zero-order chi connectivity index (χ0) is 18.2. The Hall–Kier alpha value is -2.86. The fourth-order valence-electron chi connectivity index (χ4n) is 2.01. The van der Waals surface area contributed by atoms with E-state index in [1.54, 1.807) is 36.4 Å². The van der Waals surface area contributed by atoms with Crippen molar-refractivity contribution in [3.63, 3.8) is 0 Å². The molecule has 0 saturated heterocycles. The average Bonchev–Trinajstić information content (AvgIpc) is 2.64. The highest BCUT2D eigenvalue weighted by molar-refractivity contribution is 6.30. The number of benzene rings is 2. The van der Waals surface area contributed by atoms with Crippen molar-refractivity contribution in [2.75, 3.05) is 20.3 Å². The molecule has 0 aliphatic carbocycles. The van der Waals surface area contributed by atoms with E-state index in [4.69, 9.17) is 21.1 Å². The number of esters is 1.